The Labute approximate surface area is 190 Å². The molecule has 0 saturated heterocycles. The third-order valence-corrected chi connectivity index (χ3v) is 5.08. The minimum Gasteiger partial charge on any atom is -0.444 e. The standard InChI is InChI=1S/C23H26ClFN4O3/c1-6-17(27-22(31)32-23(2,3)4)20-26-18-9-7-8-16(24)19(18)21(30)29(20)28(5)15-12-10-14(25)11-13-15/h7-13,17H,6H2,1-5H3,(H,27,31)/t17-/m0/s1. The number of hydrogen-bond donors (Lipinski definition) is 1. The lowest BCUT2D eigenvalue weighted by Crippen LogP contribution is -2.43. The van der Waals surface area contributed by atoms with Gasteiger partial charge in [-0.05, 0) is 63.6 Å². The summed E-state index contributed by atoms with van der Waals surface area (Å²) in [6.07, 6.45) is -0.185. The molecule has 1 amide bonds. The van der Waals surface area contributed by atoms with Gasteiger partial charge >= 0.3 is 6.09 Å². The number of fused-ring (bicyclic) bond motifs is 1. The molecule has 0 fully saturated rings. The zero-order valence-electron chi connectivity index (χ0n) is 18.6. The van der Waals surface area contributed by atoms with Gasteiger partial charge < -0.3 is 10.1 Å². The van der Waals surface area contributed by atoms with E-state index in [-0.39, 0.29) is 10.4 Å². The van der Waals surface area contributed by atoms with Gasteiger partial charge in [0.15, 0.2) is 5.82 Å². The zero-order chi connectivity index (χ0) is 23.6. The normalized spacial score (nSPS) is 12.5. The predicted molar refractivity (Wildman–Crippen MR) is 124 cm³/mol. The van der Waals surface area contributed by atoms with Gasteiger partial charge in [-0.25, -0.2) is 18.8 Å². The van der Waals surface area contributed by atoms with Gasteiger partial charge in [0.05, 0.1) is 27.7 Å². The first-order chi connectivity index (χ1) is 15.0. The lowest BCUT2D eigenvalue weighted by Gasteiger charge is -2.29. The molecule has 0 aliphatic heterocycles. The van der Waals surface area contributed by atoms with Crippen LogP contribution in [0.4, 0.5) is 14.9 Å². The van der Waals surface area contributed by atoms with Crippen LogP contribution in [0.2, 0.25) is 5.02 Å². The molecule has 7 nitrogen and oxygen atoms in total. The molecule has 1 atom stereocenters. The van der Waals surface area contributed by atoms with Crippen LogP contribution in [0, 0.1) is 5.82 Å². The molecule has 0 aliphatic carbocycles. The van der Waals surface area contributed by atoms with Gasteiger partial charge in [-0.3, -0.25) is 9.80 Å². The number of rotatable bonds is 5. The van der Waals surface area contributed by atoms with Crippen molar-refractivity contribution in [2.75, 3.05) is 12.1 Å². The smallest absolute Gasteiger partial charge is 0.408 e. The highest BCUT2D eigenvalue weighted by Gasteiger charge is 2.26. The van der Waals surface area contributed by atoms with E-state index in [4.69, 9.17) is 16.3 Å². The Morgan fingerprint density at radius 2 is 1.91 bits per heavy atom. The van der Waals surface area contributed by atoms with Crippen molar-refractivity contribution < 1.29 is 13.9 Å². The quantitative estimate of drug-likeness (QED) is 0.575. The number of carbonyl (C=O) groups is 1. The molecule has 0 radical (unpaired) electrons. The number of benzene rings is 2. The number of carbonyl (C=O) groups excluding carboxylic acids is 1. The van der Waals surface area contributed by atoms with Crippen molar-refractivity contribution in [2.45, 2.75) is 45.8 Å². The molecule has 1 aromatic heterocycles. The largest absolute Gasteiger partial charge is 0.444 e. The van der Waals surface area contributed by atoms with E-state index in [9.17, 15) is 14.0 Å². The highest BCUT2D eigenvalue weighted by molar-refractivity contribution is 6.35. The second-order valence-corrected chi connectivity index (χ2v) is 8.74. The van der Waals surface area contributed by atoms with Crippen molar-refractivity contribution in [2.24, 2.45) is 0 Å². The van der Waals surface area contributed by atoms with Gasteiger partial charge in [0.1, 0.15) is 11.4 Å². The van der Waals surface area contributed by atoms with Crippen molar-refractivity contribution in [1.29, 1.82) is 0 Å². The van der Waals surface area contributed by atoms with Crippen LogP contribution in [0.5, 0.6) is 0 Å². The molecule has 1 N–H and O–H groups in total. The van der Waals surface area contributed by atoms with Gasteiger partial charge in [0.2, 0.25) is 0 Å². The summed E-state index contributed by atoms with van der Waals surface area (Å²) in [4.78, 5) is 30.7. The van der Waals surface area contributed by atoms with Gasteiger partial charge in [0.25, 0.3) is 5.56 Å². The Balaban J connectivity index is 2.19. The summed E-state index contributed by atoms with van der Waals surface area (Å²) in [5.74, 6) is -0.0996. The average Bonchev–Trinajstić information content (AvgIpc) is 2.70. The van der Waals surface area contributed by atoms with Crippen molar-refractivity contribution in [1.82, 2.24) is 15.0 Å². The Kier molecular flexibility index (Phi) is 6.74. The van der Waals surface area contributed by atoms with Crippen LogP contribution in [-0.4, -0.2) is 28.4 Å². The number of amides is 1. The van der Waals surface area contributed by atoms with E-state index in [1.165, 1.54) is 16.8 Å². The number of halogens is 2. The van der Waals surface area contributed by atoms with Crippen LogP contribution in [0.1, 0.15) is 46.0 Å². The summed E-state index contributed by atoms with van der Waals surface area (Å²) in [6, 6.07) is 10.1. The lowest BCUT2D eigenvalue weighted by atomic mass is 10.1. The van der Waals surface area contributed by atoms with Crippen LogP contribution in [0.3, 0.4) is 0 Å². The Hall–Kier alpha value is -3.13. The minimum absolute atomic E-state index is 0.249. The summed E-state index contributed by atoms with van der Waals surface area (Å²) < 4.78 is 20.2. The van der Waals surface area contributed by atoms with Crippen LogP contribution in [0.25, 0.3) is 10.9 Å². The van der Waals surface area contributed by atoms with E-state index in [1.807, 2.05) is 6.92 Å². The number of alkyl carbamates (subject to hydrolysis) is 1. The predicted octanol–water partition coefficient (Wildman–Crippen LogP) is 5.06. The molecule has 32 heavy (non-hydrogen) atoms. The third kappa shape index (κ3) is 5.02. The van der Waals surface area contributed by atoms with Crippen LogP contribution in [-0.2, 0) is 4.74 Å². The summed E-state index contributed by atoms with van der Waals surface area (Å²) in [5, 5.41) is 4.86. The molecule has 0 saturated carbocycles. The fourth-order valence-corrected chi connectivity index (χ4v) is 3.54. The van der Waals surface area contributed by atoms with Crippen molar-refractivity contribution in [3.63, 3.8) is 0 Å². The highest BCUT2D eigenvalue weighted by Crippen LogP contribution is 2.24. The van der Waals surface area contributed by atoms with Gasteiger partial charge in [-0.1, -0.05) is 24.6 Å². The van der Waals surface area contributed by atoms with E-state index >= 15 is 0 Å². The monoisotopic (exact) mass is 460 g/mol. The van der Waals surface area contributed by atoms with Gasteiger partial charge in [0, 0.05) is 7.05 Å². The maximum absolute atomic E-state index is 13.6. The second-order valence-electron chi connectivity index (χ2n) is 8.33. The molecule has 9 heteroatoms. The van der Waals surface area contributed by atoms with Crippen LogP contribution < -0.4 is 15.9 Å². The molecule has 3 aromatic rings. The Morgan fingerprint density at radius 3 is 2.50 bits per heavy atom. The highest BCUT2D eigenvalue weighted by atomic mass is 35.5. The molecular formula is C23H26ClFN4O3. The van der Waals surface area contributed by atoms with Crippen molar-refractivity contribution in [3.05, 3.63) is 69.5 Å². The SMILES string of the molecule is CC[C@H](NC(=O)OC(C)(C)C)c1nc2cccc(Cl)c2c(=O)n1N(C)c1ccc(F)cc1. The maximum atomic E-state index is 13.6. The molecule has 2 aromatic carbocycles. The molecule has 3 rings (SSSR count). The van der Waals surface area contributed by atoms with Gasteiger partial charge in [-0.2, -0.15) is 0 Å². The zero-order valence-corrected chi connectivity index (χ0v) is 19.4. The number of anilines is 1. The molecule has 0 aliphatic rings. The van der Waals surface area contributed by atoms with E-state index < -0.39 is 29.1 Å². The first-order valence-electron chi connectivity index (χ1n) is 10.2. The number of nitrogens with zero attached hydrogens (tertiary/aromatic N) is 3. The summed E-state index contributed by atoms with van der Waals surface area (Å²) in [6.45, 7) is 7.16. The van der Waals surface area contributed by atoms with E-state index in [0.717, 1.165) is 0 Å². The lowest BCUT2D eigenvalue weighted by molar-refractivity contribution is 0.0498. The Bertz CT molecular complexity index is 1190. The summed E-state index contributed by atoms with van der Waals surface area (Å²) >= 11 is 6.32. The van der Waals surface area contributed by atoms with E-state index in [0.29, 0.717) is 23.4 Å². The van der Waals surface area contributed by atoms with Crippen LogP contribution >= 0.6 is 11.6 Å². The topological polar surface area (TPSA) is 76.5 Å². The fraction of sp³-hybridized carbons (Fsp3) is 0.348. The summed E-state index contributed by atoms with van der Waals surface area (Å²) in [5.41, 5.74) is -0.135. The van der Waals surface area contributed by atoms with Crippen molar-refractivity contribution in [3.8, 4) is 0 Å². The number of hydrogen-bond acceptors (Lipinski definition) is 5. The van der Waals surface area contributed by atoms with Gasteiger partial charge in [-0.15, -0.1) is 0 Å². The maximum Gasteiger partial charge on any atom is 0.408 e. The molecule has 0 spiro atoms. The number of ether oxygens (including phenoxy) is 1. The number of nitrogens with one attached hydrogen (secondary N) is 1. The van der Waals surface area contributed by atoms with Crippen molar-refractivity contribution >= 4 is 34.3 Å². The minimum atomic E-state index is -0.683. The Morgan fingerprint density at radius 1 is 1.25 bits per heavy atom. The fourth-order valence-electron chi connectivity index (χ4n) is 3.29. The first kappa shape index (κ1) is 23.5. The molecule has 0 unspecified atom stereocenters. The molecule has 0 bridgehead atoms. The number of aromatic nitrogens is 2. The van der Waals surface area contributed by atoms with E-state index in [2.05, 4.69) is 10.3 Å². The first-order valence-corrected chi connectivity index (χ1v) is 10.6. The van der Waals surface area contributed by atoms with Crippen LogP contribution in [0.15, 0.2) is 47.3 Å². The average molecular weight is 461 g/mol. The molecule has 170 valence electrons. The third-order valence-electron chi connectivity index (χ3n) is 4.76. The van der Waals surface area contributed by atoms with E-state index in [1.54, 1.807) is 63.2 Å². The molecule has 1 heterocycles. The second kappa shape index (κ2) is 9.16. The summed E-state index contributed by atoms with van der Waals surface area (Å²) in [7, 11) is 1.66. The molecular weight excluding hydrogens is 435 g/mol.